The summed E-state index contributed by atoms with van der Waals surface area (Å²) in [5.41, 5.74) is 1.09. The van der Waals surface area contributed by atoms with Crippen LogP contribution in [0, 0.1) is 0 Å². The van der Waals surface area contributed by atoms with Crippen molar-refractivity contribution >= 4 is 17.8 Å². The van der Waals surface area contributed by atoms with Crippen LogP contribution in [-0.2, 0) is 22.6 Å². The molecule has 2 amide bonds. The summed E-state index contributed by atoms with van der Waals surface area (Å²) in [7, 11) is 3.27. The van der Waals surface area contributed by atoms with Crippen LogP contribution in [0.25, 0.3) is 0 Å². The normalized spacial score (nSPS) is 10.3. The third kappa shape index (κ3) is 6.42. The number of benzene rings is 1. The smallest absolute Gasteiger partial charge is 0.341 e. The van der Waals surface area contributed by atoms with E-state index in [2.05, 4.69) is 15.6 Å². The van der Waals surface area contributed by atoms with Gasteiger partial charge in [0.05, 0.1) is 6.20 Å². The number of carbonyl (C=O) groups excluding carboxylic acids is 2. The number of amides is 2. The molecule has 2 rings (SSSR count). The summed E-state index contributed by atoms with van der Waals surface area (Å²) in [6.45, 7) is 0.0114. The molecule has 1 aromatic heterocycles. The van der Waals surface area contributed by atoms with E-state index in [1.165, 1.54) is 15.8 Å². The van der Waals surface area contributed by atoms with Crippen molar-refractivity contribution < 1.29 is 24.2 Å². The number of nitrogens with one attached hydrogen (secondary N) is 1. The summed E-state index contributed by atoms with van der Waals surface area (Å²) >= 11 is 0. The molecule has 1 heterocycles. The number of hydrogen-bond acceptors (Lipinski definition) is 6. The molecule has 0 fully saturated rings. The highest BCUT2D eigenvalue weighted by Crippen LogP contribution is 2.12. The van der Waals surface area contributed by atoms with Gasteiger partial charge in [-0.2, -0.15) is 0 Å². The quantitative estimate of drug-likeness (QED) is 0.621. The summed E-state index contributed by atoms with van der Waals surface area (Å²) < 4.78 is 6.37. The maximum absolute atomic E-state index is 12.1. The van der Waals surface area contributed by atoms with Gasteiger partial charge in [-0.15, -0.1) is 5.10 Å². The minimum atomic E-state index is -1.04. The third-order valence-electron chi connectivity index (χ3n) is 3.55. The van der Waals surface area contributed by atoms with Crippen LogP contribution in [0.3, 0.4) is 0 Å². The Hall–Kier alpha value is -3.43. The molecular weight excluding hydrogens is 354 g/mol. The summed E-state index contributed by atoms with van der Waals surface area (Å²) in [5, 5.41) is 18.8. The molecule has 0 saturated carbocycles. The SMILES string of the molecule is CN(C)C(=O)Cn1cc(C(=O)NCCc2ccc(OCC(=O)O)cc2)nn1. The lowest BCUT2D eigenvalue weighted by atomic mass is 10.1. The van der Waals surface area contributed by atoms with Crippen LogP contribution >= 0.6 is 0 Å². The molecule has 0 saturated heterocycles. The lowest BCUT2D eigenvalue weighted by Gasteiger charge is -2.08. The summed E-state index contributed by atoms with van der Waals surface area (Å²) in [6.07, 6.45) is 2.00. The summed E-state index contributed by atoms with van der Waals surface area (Å²) in [4.78, 5) is 35.6. The highest BCUT2D eigenvalue weighted by atomic mass is 16.5. The van der Waals surface area contributed by atoms with Crippen molar-refractivity contribution in [1.82, 2.24) is 25.2 Å². The molecule has 2 N–H and O–H groups in total. The van der Waals surface area contributed by atoms with Gasteiger partial charge in [-0.1, -0.05) is 17.3 Å². The predicted molar refractivity (Wildman–Crippen MR) is 94.3 cm³/mol. The number of nitrogens with zero attached hydrogens (tertiary/aromatic N) is 4. The Kier molecular flexibility index (Phi) is 6.86. The van der Waals surface area contributed by atoms with Crippen LogP contribution in [0.2, 0.25) is 0 Å². The number of aromatic nitrogens is 3. The van der Waals surface area contributed by atoms with Crippen molar-refractivity contribution in [2.24, 2.45) is 0 Å². The Morgan fingerprint density at radius 2 is 1.93 bits per heavy atom. The number of carboxylic acids is 1. The monoisotopic (exact) mass is 375 g/mol. The zero-order valence-corrected chi connectivity index (χ0v) is 15.1. The first-order valence-electron chi connectivity index (χ1n) is 8.17. The molecular formula is C17H21N5O5. The van der Waals surface area contributed by atoms with E-state index in [9.17, 15) is 14.4 Å². The molecule has 0 bridgehead atoms. The largest absolute Gasteiger partial charge is 0.482 e. The number of aliphatic carboxylic acids is 1. The number of hydrogen-bond donors (Lipinski definition) is 2. The number of carbonyl (C=O) groups is 3. The van der Waals surface area contributed by atoms with Crippen LogP contribution in [0.1, 0.15) is 16.1 Å². The molecule has 27 heavy (non-hydrogen) atoms. The average Bonchev–Trinajstić information content (AvgIpc) is 3.09. The Labute approximate surface area is 155 Å². The fraction of sp³-hybridized carbons (Fsp3) is 0.353. The van der Waals surface area contributed by atoms with E-state index in [1.54, 1.807) is 38.4 Å². The Bertz CT molecular complexity index is 800. The van der Waals surface area contributed by atoms with Gasteiger partial charge in [-0.25, -0.2) is 9.48 Å². The number of rotatable bonds is 9. The van der Waals surface area contributed by atoms with Gasteiger partial charge in [0.2, 0.25) is 5.91 Å². The second kappa shape index (κ2) is 9.32. The van der Waals surface area contributed by atoms with Crippen molar-refractivity contribution in [3.63, 3.8) is 0 Å². The standard InChI is InChI=1S/C17H21N5O5/c1-21(2)15(23)10-22-9-14(19-20-22)17(26)18-8-7-12-3-5-13(6-4-12)27-11-16(24)25/h3-6,9H,7-8,10-11H2,1-2H3,(H,18,26)(H,24,25). The zero-order chi connectivity index (χ0) is 19.8. The average molecular weight is 375 g/mol. The zero-order valence-electron chi connectivity index (χ0n) is 15.1. The molecule has 144 valence electrons. The van der Waals surface area contributed by atoms with Crippen molar-refractivity contribution in [3.05, 3.63) is 41.7 Å². The van der Waals surface area contributed by atoms with Crippen LogP contribution < -0.4 is 10.1 Å². The molecule has 0 aliphatic carbocycles. The van der Waals surface area contributed by atoms with E-state index in [4.69, 9.17) is 9.84 Å². The van der Waals surface area contributed by atoms with Crippen molar-refractivity contribution in [2.45, 2.75) is 13.0 Å². The maximum Gasteiger partial charge on any atom is 0.341 e. The van der Waals surface area contributed by atoms with Gasteiger partial charge >= 0.3 is 5.97 Å². The molecule has 0 unspecified atom stereocenters. The van der Waals surface area contributed by atoms with Crippen LogP contribution in [0.15, 0.2) is 30.5 Å². The minimum Gasteiger partial charge on any atom is -0.482 e. The molecule has 0 aliphatic rings. The molecule has 0 radical (unpaired) electrons. The Morgan fingerprint density at radius 3 is 2.56 bits per heavy atom. The molecule has 0 spiro atoms. The van der Waals surface area contributed by atoms with E-state index in [-0.39, 0.29) is 24.1 Å². The van der Waals surface area contributed by atoms with E-state index < -0.39 is 12.6 Å². The van der Waals surface area contributed by atoms with Gasteiger partial charge in [0.25, 0.3) is 5.91 Å². The van der Waals surface area contributed by atoms with Crippen LogP contribution in [0.5, 0.6) is 5.75 Å². The Balaban J connectivity index is 1.78. The van der Waals surface area contributed by atoms with Gasteiger partial charge in [0, 0.05) is 20.6 Å². The van der Waals surface area contributed by atoms with Crippen molar-refractivity contribution in [3.8, 4) is 5.75 Å². The lowest BCUT2D eigenvalue weighted by molar-refractivity contribution is -0.139. The lowest BCUT2D eigenvalue weighted by Crippen LogP contribution is -2.27. The topological polar surface area (TPSA) is 127 Å². The fourth-order valence-electron chi connectivity index (χ4n) is 2.07. The third-order valence-corrected chi connectivity index (χ3v) is 3.55. The minimum absolute atomic E-state index is 0.0174. The van der Waals surface area contributed by atoms with Crippen LogP contribution in [0.4, 0.5) is 0 Å². The molecule has 10 nitrogen and oxygen atoms in total. The highest BCUT2D eigenvalue weighted by molar-refractivity contribution is 5.91. The highest BCUT2D eigenvalue weighted by Gasteiger charge is 2.12. The first-order chi connectivity index (χ1) is 12.8. The molecule has 0 aliphatic heterocycles. The summed E-state index contributed by atoms with van der Waals surface area (Å²) in [5.74, 6) is -1.10. The summed E-state index contributed by atoms with van der Waals surface area (Å²) in [6, 6.07) is 6.94. The second-order valence-electron chi connectivity index (χ2n) is 5.92. The van der Waals surface area contributed by atoms with E-state index in [0.717, 1.165) is 5.56 Å². The van der Waals surface area contributed by atoms with Crippen molar-refractivity contribution in [1.29, 1.82) is 0 Å². The number of likely N-dealkylation sites (N-methyl/N-ethyl adjacent to an activating group) is 1. The molecule has 10 heteroatoms. The van der Waals surface area contributed by atoms with Gasteiger partial charge in [-0.05, 0) is 24.1 Å². The predicted octanol–water partition coefficient (Wildman–Crippen LogP) is -0.198. The van der Waals surface area contributed by atoms with E-state index in [0.29, 0.717) is 18.7 Å². The fourth-order valence-corrected chi connectivity index (χ4v) is 2.07. The van der Waals surface area contributed by atoms with Gasteiger partial charge in [0.1, 0.15) is 12.3 Å². The molecule has 1 aromatic carbocycles. The van der Waals surface area contributed by atoms with Crippen LogP contribution in [-0.4, -0.2) is 70.0 Å². The second-order valence-corrected chi connectivity index (χ2v) is 5.92. The number of carboxylic acid groups (broad SMARTS) is 1. The van der Waals surface area contributed by atoms with Crippen molar-refractivity contribution in [2.75, 3.05) is 27.2 Å². The van der Waals surface area contributed by atoms with E-state index >= 15 is 0 Å². The number of ether oxygens (including phenoxy) is 1. The molecule has 2 aromatic rings. The molecule has 0 atom stereocenters. The van der Waals surface area contributed by atoms with Gasteiger partial charge in [-0.3, -0.25) is 9.59 Å². The Morgan fingerprint density at radius 1 is 1.22 bits per heavy atom. The van der Waals surface area contributed by atoms with Gasteiger partial charge in [0.15, 0.2) is 12.3 Å². The van der Waals surface area contributed by atoms with Gasteiger partial charge < -0.3 is 20.1 Å². The maximum atomic E-state index is 12.1. The van der Waals surface area contributed by atoms with E-state index in [1.807, 2.05) is 0 Å². The first kappa shape index (κ1) is 19.9. The first-order valence-corrected chi connectivity index (χ1v) is 8.17.